The van der Waals surface area contributed by atoms with Gasteiger partial charge in [0.15, 0.2) is 0 Å². The van der Waals surface area contributed by atoms with Crippen molar-refractivity contribution >= 4 is 25.3 Å². The van der Waals surface area contributed by atoms with E-state index < -0.39 is 0 Å². The maximum absolute atomic E-state index is 4.69. The van der Waals surface area contributed by atoms with Gasteiger partial charge in [0, 0.05) is 0 Å². The van der Waals surface area contributed by atoms with E-state index >= 15 is 0 Å². The summed E-state index contributed by atoms with van der Waals surface area (Å²) in [5.41, 5.74) is 1.55. The molecule has 0 aromatic rings. The summed E-state index contributed by atoms with van der Waals surface area (Å²) in [5, 5.41) is 0. The number of thiol groups is 2. The second-order valence-corrected chi connectivity index (χ2v) is 12.9. The van der Waals surface area contributed by atoms with E-state index in [9.17, 15) is 0 Å². The Bertz CT molecular complexity index is 420. The highest BCUT2D eigenvalue weighted by Crippen LogP contribution is 2.56. The predicted molar refractivity (Wildman–Crippen MR) is 129 cm³/mol. The molecule has 0 aromatic heterocycles. The van der Waals surface area contributed by atoms with E-state index in [1.165, 1.54) is 32.1 Å². The van der Waals surface area contributed by atoms with E-state index in [4.69, 9.17) is 12.6 Å². The van der Waals surface area contributed by atoms with Gasteiger partial charge in [-0.25, -0.2) is 0 Å². The molecule has 2 atom stereocenters. The third-order valence-corrected chi connectivity index (χ3v) is 8.69. The SMILES string of the molecule is CCC(C)(C)CC(C)(C)C(CC(C)(C)CS)C(C)(CC)CC(C)(C)CS. The van der Waals surface area contributed by atoms with Crippen molar-refractivity contribution in [1.82, 2.24) is 0 Å². The second-order valence-electron chi connectivity index (χ2n) is 12.3. The lowest BCUT2D eigenvalue weighted by Gasteiger charge is -2.53. The largest absolute Gasteiger partial charge is 0.179 e. The Balaban J connectivity index is 6.05. The molecule has 0 aliphatic rings. The molecule has 0 saturated carbocycles. The van der Waals surface area contributed by atoms with Crippen LogP contribution in [0, 0.1) is 33.0 Å². The normalized spacial score (nSPS) is 17.9. The van der Waals surface area contributed by atoms with Crippen molar-refractivity contribution in [2.75, 3.05) is 11.5 Å². The highest BCUT2D eigenvalue weighted by molar-refractivity contribution is 7.80. The van der Waals surface area contributed by atoms with Crippen molar-refractivity contribution in [2.24, 2.45) is 33.0 Å². The third kappa shape index (κ3) is 7.98. The van der Waals surface area contributed by atoms with Crippen molar-refractivity contribution in [3.8, 4) is 0 Å². The average molecular weight is 403 g/mol. The standard InChI is InChI=1S/C24H50S2/c1-12-20(3,4)15-23(9,10)19(14-21(5,6)17-25)24(11,13-2)16-22(7,8)18-26/h19,25-26H,12-18H2,1-11H3. The molecular formula is C24H50S2. The highest BCUT2D eigenvalue weighted by atomic mass is 32.1. The van der Waals surface area contributed by atoms with E-state index in [1.807, 2.05) is 0 Å². The van der Waals surface area contributed by atoms with E-state index in [-0.39, 0.29) is 10.8 Å². The first kappa shape index (κ1) is 26.7. The molecule has 0 N–H and O–H groups in total. The van der Waals surface area contributed by atoms with E-state index in [2.05, 4.69) is 88.8 Å². The number of rotatable bonds is 12. The van der Waals surface area contributed by atoms with Crippen molar-refractivity contribution in [2.45, 2.75) is 108 Å². The molecule has 0 aliphatic heterocycles. The summed E-state index contributed by atoms with van der Waals surface area (Å²) in [7, 11) is 0. The molecule has 0 nitrogen and oxygen atoms in total. The Hall–Kier alpha value is 0.700. The van der Waals surface area contributed by atoms with Gasteiger partial charge in [-0.1, -0.05) is 89.0 Å². The number of hydrogen-bond acceptors (Lipinski definition) is 2. The van der Waals surface area contributed by atoms with Crippen LogP contribution in [0.2, 0.25) is 0 Å². The summed E-state index contributed by atoms with van der Waals surface area (Å²) in [4.78, 5) is 0. The van der Waals surface area contributed by atoms with E-state index in [1.54, 1.807) is 0 Å². The van der Waals surface area contributed by atoms with Crippen molar-refractivity contribution in [1.29, 1.82) is 0 Å². The maximum atomic E-state index is 4.69. The van der Waals surface area contributed by atoms with Crippen LogP contribution in [0.15, 0.2) is 0 Å². The fraction of sp³-hybridized carbons (Fsp3) is 1.00. The Kier molecular flexibility index (Phi) is 9.72. The molecule has 0 aromatic carbocycles. The van der Waals surface area contributed by atoms with Gasteiger partial charge in [0.2, 0.25) is 0 Å². The van der Waals surface area contributed by atoms with Gasteiger partial charge in [-0.3, -0.25) is 0 Å². The van der Waals surface area contributed by atoms with Crippen LogP contribution in [0.5, 0.6) is 0 Å². The smallest absolute Gasteiger partial charge is 0.00462 e. The van der Waals surface area contributed by atoms with Crippen LogP contribution < -0.4 is 0 Å². The first-order valence-corrected chi connectivity index (χ1v) is 12.0. The molecule has 0 heterocycles. The zero-order chi connectivity index (χ0) is 21.0. The molecule has 26 heavy (non-hydrogen) atoms. The molecule has 0 bridgehead atoms. The van der Waals surface area contributed by atoms with Gasteiger partial charge >= 0.3 is 0 Å². The molecule has 0 rings (SSSR count). The van der Waals surface area contributed by atoms with Crippen LogP contribution in [-0.2, 0) is 0 Å². The predicted octanol–water partition coefficient (Wildman–Crippen LogP) is 8.56. The molecule has 0 radical (unpaired) electrons. The Morgan fingerprint density at radius 3 is 1.42 bits per heavy atom. The monoisotopic (exact) mass is 402 g/mol. The Labute approximate surface area is 177 Å². The van der Waals surface area contributed by atoms with Crippen LogP contribution in [0.4, 0.5) is 0 Å². The molecule has 2 heteroatoms. The van der Waals surface area contributed by atoms with Crippen LogP contribution >= 0.6 is 25.3 Å². The lowest BCUT2D eigenvalue weighted by molar-refractivity contribution is -0.0270. The molecule has 158 valence electrons. The molecule has 0 spiro atoms. The molecule has 0 amide bonds. The quantitative estimate of drug-likeness (QED) is 0.300. The highest BCUT2D eigenvalue weighted by Gasteiger charge is 2.47. The van der Waals surface area contributed by atoms with Crippen molar-refractivity contribution in [3.05, 3.63) is 0 Å². The minimum atomic E-state index is 0.267. The average Bonchev–Trinajstić information content (AvgIpc) is 2.51. The van der Waals surface area contributed by atoms with Gasteiger partial charge in [0.25, 0.3) is 0 Å². The van der Waals surface area contributed by atoms with Crippen molar-refractivity contribution < 1.29 is 0 Å². The zero-order valence-electron chi connectivity index (χ0n) is 19.9. The summed E-state index contributed by atoms with van der Waals surface area (Å²) in [5.74, 6) is 2.57. The minimum Gasteiger partial charge on any atom is -0.179 e. The van der Waals surface area contributed by atoms with Gasteiger partial charge in [-0.15, -0.1) is 0 Å². The van der Waals surface area contributed by atoms with Gasteiger partial charge in [0.1, 0.15) is 0 Å². The second kappa shape index (κ2) is 9.47. The summed E-state index contributed by atoms with van der Waals surface area (Å²) >= 11 is 9.36. The summed E-state index contributed by atoms with van der Waals surface area (Å²) in [6.07, 6.45) is 6.23. The van der Waals surface area contributed by atoms with Crippen LogP contribution in [0.3, 0.4) is 0 Å². The fourth-order valence-electron chi connectivity index (χ4n) is 5.21. The van der Waals surface area contributed by atoms with Gasteiger partial charge < -0.3 is 0 Å². The lowest BCUT2D eigenvalue weighted by Crippen LogP contribution is -2.45. The fourth-order valence-corrected chi connectivity index (χ4v) is 5.45. The third-order valence-electron chi connectivity index (χ3n) is 6.98. The van der Waals surface area contributed by atoms with Crippen molar-refractivity contribution in [3.63, 3.8) is 0 Å². The molecule has 0 saturated heterocycles. The summed E-state index contributed by atoms with van der Waals surface area (Å²) in [6, 6.07) is 0. The molecule has 0 aliphatic carbocycles. The minimum absolute atomic E-state index is 0.267. The van der Waals surface area contributed by atoms with Gasteiger partial charge in [0.05, 0.1) is 0 Å². The summed E-state index contributed by atoms with van der Waals surface area (Å²) < 4.78 is 0. The van der Waals surface area contributed by atoms with Crippen LogP contribution in [-0.4, -0.2) is 11.5 Å². The Morgan fingerprint density at radius 1 is 0.615 bits per heavy atom. The van der Waals surface area contributed by atoms with Gasteiger partial charge in [-0.05, 0) is 63.8 Å². The molecular weight excluding hydrogens is 352 g/mol. The van der Waals surface area contributed by atoms with Gasteiger partial charge in [-0.2, -0.15) is 25.3 Å². The van der Waals surface area contributed by atoms with E-state index in [0.717, 1.165) is 11.5 Å². The summed E-state index contributed by atoms with van der Waals surface area (Å²) in [6.45, 7) is 26.8. The molecule has 0 fully saturated rings. The van der Waals surface area contributed by atoms with E-state index in [0.29, 0.717) is 22.2 Å². The lowest BCUT2D eigenvalue weighted by atomic mass is 9.52. The van der Waals surface area contributed by atoms with Crippen LogP contribution in [0.25, 0.3) is 0 Å². The zero-order valence-corrected chi connectivity index (χ0v) is 21.7. The van der Waals surface area contributed by atoms with Crippen LogP contribution in [0.1, 0.15) is 108 Å². The Morgan fingerprint density at radius 2 is 1.08 bits per heavy atom. The first-order valence-electron chi connectivity index (χ1n) is 10.7. The number of hydrogen-bond donors (Lipinski definition) is 2. The maximum Gasteiger partial charge on any atom is -0.00462 e. The molecule has 2 unspecified atom stereocenters. The first-order chi connectivity index (χ1) is 11.5. The topological polar surface area (TPSA) is 0 Å².